The highest BCUT2D eigenvalue weighted by Gasteiger charge is 2.19. The van der Waals surface area contributed by atoms with Crippen LogP contribution in [-0.4, -0.2) is 12.4 Å². The molecule has 0 fully saturated rings. The van der Waals surface area contributed by atoms with E-state index in [1.165, 1.54) is 0 Å². The highest BCUT2D eigenvalue weighted by Crippen LogP contribution is 2.21. The highest BCUT2D eigenvalue weighted by molar-refractivity contribution is 5.98. The van der Waals surface area contributed by atoms with Gasteiger partial charge in [0.15, 0.2) is 5.78 Å². The Bertz CT molecular complexity index is 365. The maximum absolute atomic E-state index is 11.4. The lowest BCUT2D eigenvalue weighted by atomic mass is 10.0. The van der Waals surface area contributed by atoms with Crippen molar-refractivity contribution in [3.05, 3.63) is 42.0 Å². The van der Waals surface area contributed by atoms with E-state index in [2.05, 4.69) is 0 Å². The summed E-state index contributed by atoms with van der Waals surface area (Å²) in [6, 6.07) is 9.69. The fourth-order valence-electron chi connectivity index (χ4n) is 1.38. The molecule has 0 bridgehead atoms. The fraction of sp³-hybridized carbons (Fsp3) is 0.250. The first-order valence-corrected chi connectivity index (χ1v) is 4.71. The smallest absolute Gasteiger partial charge is 0.165 e. The Morgan fingerprint density at radius 2 is 2.00 bits per heavy atom. The zero-order valence-electron chi connectivity index (χ0n) is 8.07. The van der Waals surface area contributed by atoms with Crippen LogP contribution in [0.15, 0.2) is 36.4 Å². The monoisotopic (exact) mass is 188 g/mol. The maximum Gasteiger partial charge on any atom is 0.165 e. The zero-order valence-corrected chi connectivity index (χ0v) is 8.07. The van der Waals surface area contributed by atoms with Crippen molar-refractivity contribution in [2.45, 2.75) is 6.92 Å². The van der Waals surface area contributed by atoms with Crippen molar-refractivity contribution in [2.75, 3.05) is 6.61 Å². The van der Waals surface area contributed by atoms with Gasteiger partial charge in [-0.15, -0.1) is 0 Å². The molecule has 1 aliphatic heterocycles. The molecule has 1 atom stereocenters. The number of hydrogen-bond donors (Lipinski definition) is 0. The Labute approximate surface area is 83.2 Å². The van der Waals surface area contributed by atoms with Gasteiger partial charge < -0.3 is 4.74 Å². The van der Waals surface area contributed by atoms with E-state index in [-0.39, 0.29) is 11.7 Å². The van der Waals surface area contributed by atoms with Crippen LogP contribution in [-0.2, 0) is 9.53 Å². The number of carbonyl (C=O) groups is 1. The van der Waals surface area contributed by atoms with E-state index in [1.807, 2.05) is 37.3 Å². The molecule has 2 nitrogen and oxygen atoms in total. The van der Waals surface area contributed by atoms with Gasteiger partial charge in [0.05, 0.1) is 12.5 Å². The molecule has 1 unspecified atom stereocenters. The van der Waals surface area contributed by atoms with E-state index in [9.17, 15) is 4.79 Å². The predicted octanol–water partition coefficient (Wildman–Crippen LogP) is 2.26. The van der Waals surface area contributed by atoms with E-state index in [0.717, 1.165) is 5.56 Å². The third kappa shape index (κ3) is 1.69. The number of hydrogen-bond acceptors (Lipinski definition) is 2. The van der Waals surface area contributed by atoms with Crippen molar-refractivity contribution < 1.29 is 9.53 Å². The largest absolute Gasteiger partial charge is 0.492 e. The van der Waals surface area contributed by atoms with E-state index in [0.29, 0.717) is 12.4 Å². The normalized spacial score (nSPS) is 21.4. The molecule has 0 aromatic heterocycles. The average Bonchev–Trinajstić information content (AvgIpc) is 2.23. The molecule has 14 heavy (non-hydrogen) atoms. The van der Waals surface area contributed by atoms with Crippen molar-refractivity contribution in [3.63, 3.8) is 0 Å². The Hall–Kier alpha value is -1.57. The topological polar surface area (TPSA) is 26.3 Å². The summed E-state index contributed by atoms with van der Waals surface area (Å²) in [5.74, 6) is 0.825. The minimum atomic E-state index is -0.0116. The summed E-state index contributed by atoms with van der Waals surface area (Å²) in [6.07, 6.45) is 1.59. The summed E-state index contributed by atoms with van der Waals surface area (Å²) in [5.41, 5.74) is 0.966. The molecule has 0 amide bonds. The Morgan fingerprint density at radius 3 is 2.64 bits per heavy atom. The lowest BCUT2D eigenvalue weighted by Crippen LogP contribution is -2.20. The summed E-state index contributed by atoms with van der Waals surface area (Å²) < 4.78 is 5.49. The maximum atomic E-state index is 11.4. The molecule has 72 valence electrons. The van der Waals surface area contributed by atoms with Crippen molar-refractivity contribution in [3.8, 4) is 0 Å². The second kappa shape index (κ2) is 3.66. The van der Waals surface area contributed by atoms with Crippen molar-refractivity contribution >= 4 is 11.5 Å². The molecule has 1 aliphatic rings. The van der Waals surface area contributed by atoms with Gasteiger partial charge in [0, 0.05) is 11.6 Å². The molecule has 2 rings (SSSR count). The van der Waals surface area contributed by atoms with E-state index >= 15 is 0 Å². The molecule has 0 saturated heterocycles. The second-order valence-corrected chi connectivity index (χ2v) is 3.49. The molecule has 0 saturated carbocycles. The lowest BCUT2D eigenvalue weighted by Gasteiger charge is -2.18. The standard InChI is InChI=1S/C12H12O2/c1-9-8-14-12(7-11(9)13)10-5-3-2-4-6-10/h2-7,9H,8H2,1H3. The number of rotatable bonds is 1. The zero-order chi connectivity index (χ0) is 9.97. The van der Waals surface area contributed by atoms with Gasteiger partial charge in [-0.1, -0.05) is 37.3 Å². The molecular formula is C12H12O2. The molecule has 0 radical (unpaired) electrons. The Kier molecular flexibility index (Phi) is 2.35. The highest BCUT2D eigenvalue weighted by atomic mass is 16.5. The molecular weight excluding hydrogens is 176 g/mol. The van der Waals surface area contributed by atoms with Gasteiger partial charge >= 0.3 is 0 Å². The number of carbonyl (C=O) groups excluding carboxylic acids is 1. The van der Waals surface area contributed by atoms with Gasteiger partial charge in [-0.2, -0.15) is 0 Å². The molecule has 1 heterocycles. The van der Waals surface area contributed by atoms with Crippen LogP contribution in [0.1, 0.15) is 12.5 Å². The van der Waals surface area contributed by atoms with Crippen LogP contribution in [0.4, 0.5) is 0 Å². The van der Waals surface area contributed by atoms with Crippen LogP contribution in [0.3, 0.4) is 0 Å². The lowest BCUT2D eigenvalue weighted by molar-refractivity contribution is -0.119. The first-order valence-electron chi connectivity index (χ1n) is 4.71. The minimum Gasteiger partial charge on any atom is -0.492 e. The van der Waals surface area contributed by atoms with E-state index < -0.39 is 0 Å². The molecule has 1 aromatic rings. The van der Waals surface area contributed by atoms with Gasteiger partial charge in [0.1, 0.15) is 5.76 Å². The third-order valence-corrected chi connectivity index (χ3v) is 2.31. The fourth-order valence-corrected chi connectivity index (χ4v) is 1.38. The molecule has 0 spiro atoms. The summed E-state index contributed by atoms with van der Waals surface area (Å²) in [6.45, 7) is 2.36. The van der Waals surface area contributed by atoms with Crippen molar-refractivity contribution in [2.24, 2.45) is 5.92 Å². The first-order chi connectivity index (χ1) is 6.77. The summed E-state index contributed by atoms with van der Waals surface area (Å²) in [7, 11) is 0. The van der Waals surface area contributed by atoms with Crippen LogP contribution < -0.4 is 0 Å². The summed E-state index contributed by atoms with van der Waals surface area (Å²) in [4.78, 5) is 11.4. The van der Waals surface area contributed by atoms with E-state index in [4.69, 9.17) is 4.74 Å². The Balaban J connectivity index is 2.29. The number of ether oxygens (including phenoxy) is 1. The molecule has 0 aliphatic carbocycles. The molecule has 1 aromatic carbocycles. The number of benzene rings is 1. The van der Waals surface area contributed by atoms with Gasteiger partial charge in [-0.05, 0) is 0 Å². The van der Waals surface area contributed by atoms with Crippen LogP contribution in [0.25, 0.3) is 5.76 Å². The van der Waals surface area contributed by atoms with Gasteiger partial charge in [-0.3, -0.25) is 4.79 Å². The van der Waals surface area contributed by atoms with E-state index in [1.54, 1.807) is 6.08 Å². The van der Waals surface area contributed by atoms with Gasteiger partial charge in [0.25, 0.3) is 0 Å². The summed E-state index contributed by atoms with van der Waals surface area (Å²) >= 11 is 0. The minimum absolute atomic E-state index is 0.0116. The number of ketones is 1. The summed E-state index contributed by atoms with van der Waals surface area (Å²) in [5, 5.41) is 0. The first kappa shape index (κ1) is 9.00. The van der Waals surface area contributed by atoms with Gasteiger partial charge in [-0.25, -0.2) is 0 Å². The van der Waals surface area contributed by atoms with Crippen LogP contribution in [0, 0.1) is 5.92 Å². The van der Waals surface area contributed by atoms with Crippen molar-refractivity contribution in [1.82, 2.24) is 0 Å². The number of allylic oxidation sites excluding steroid dienone is 1. The quantitative estimate of drug-likeness (QED) is 0.675. The average molecular weight is 188 g/mol. The van der Waals surface area contributed by atoms with Crippen LogP contribution >= 0.6 is 0 Å². The van der Waals surface area contributed by atoms with Crippen LogP contribution in [0.2, 0.25) is 0 Å². The second-order valence-electron chi connectivity index (χ2n) is 3.49. The van der Waals surface area contributed by atoms with Crippen LogP contribution in [0.5, 0.6) is 0 Å². The van der Waals surface area contributed by atoms with Crippen molar-refractivity contribution in [1.29, 1.82) is 0 Å². The molecule has 2 heteroatoms. The SMILES string of the molecule is CC1COC(c2ccccc2)=CC1=O. The third-order valence-electron chi connectivity index (χ3n) is 2.31. The predicted molar refractivity (Wildman–Crippen MR) is 54.5 cm³/mol. The van der Waals surface area contributed by atoms with Gasteiger partial charge in [0.2, 0.25) is 0 Å². The molecule has 0 N–H and O–H groups in total. The Morgan fingerprint density at radius 1 is 1.29 bits per heavy atom.